The van der Waals surface area contributed by atoms with Gasteiger partial charge in [0.2, 0.25) is 0 Å². The molecule has 1 unspecified atom stereocenters. The zero-order valence-electron chi connectivity index (χ0n) is 12.3. The molecular weight excluding hydrogens is 292 g/mol. The van der Waals surface area contributed by atoms with Crippen LogP contribution in [0.4, 0.5) is 11.4 Å². The zero-order chi connectivity index (χ0) is 15.2. The number of rotatable bonds is 6. The molecule has 1 aliphatic rings. The highest BCUT2D eigenvalue weighted by Gasteiger charge is 2.21. The van der Waals surface area contributed by atoms with Crippen molar-refractivity contribution >= 4 is 23.1 Å². The van der Waals surface area contributed by atoms with E-state index in [0.717, 1.165) is 13.0 Å². The zero-order valence-corrected chi connectivity index (χ0v) is 13.1. The van der Waals surface area contributed by atoms with E-state index < -0.39 is 4.92 Å². The first-order valence-electron chi connectivity index (χ1n) is 6.91. The summed E-state index contributed by atoms with van der Waals surface area (Å²) in [4.78, 5) is 10.8. The molecule has 6 nitrogen and oxygen atoms in total. The van der Waals surface area contributed by atoms with Crippen LogP contribution in [0.1, 0.15) is 19.3 Å². The van der Waals surface area contributed by atoms with Crippen LogP contribution >= 0.6 is 11.8 Å². The Hall–Kier alpha value is -1.63. The number of nitrogens with zero attached hydrogens (tertiary/aromatic N) is 1. The van der Waals surface area contributed by atoms with Crippen molar-refractivity contribution in [2.45, 2.75) is 24.5 Å². The van der Waals surface area contributed by atoms with E-state index in [1.54, 1.807) is 6.07 Å². The summed E-state index contributed by atoms with van der Waals surface area (Å²) in [5.74, 6) is 2.02. The Morgan fingerprint density at radius 3 is 2.62 bits per heavy atom. The van der Waals surface area contributed by atoms with Crippen molar-refractivity contribution in [3.63, 3.8) is 0 Å². The second-order valence-electron chi connectivity index (χ2n) is 4.85. The number of nitro groups is 1. The van der Waals surface area contributed by atoms with E-state index in [4.69, 9.17) is 9.47 Å². The smallest absolute Gasteiger partial charge is 0.296 e. The van der Waals surface area contributed by atoms with E-state index in [9.17, 15) is 10.1 Å². The molecule has 1 fully saturated rings. The van der Waals surface area contributed by atoms with Gasteiger partial charge in [-0.3, -0.25) is 10.1 Å². The van der Waals surface area contributed by atoms with Gasteiger partial charge in [-0.05, 0) is 18.6 Å². The minimum atomic E-state index is -0.404. The van der Waals surface area contributed by atoms with Crippen molar-refractivity contribution in [3.05, 3.63) is 22.2 Å². The highest BCUT2D eigenvalue weighted by molar-refractivity contribution is 7.99. The molecule has 21 heavy (non-hydrogen) atoms. The van der Waals surface area contributed by atoms with Gasteiger partial charge in [-0.15, -0.1) is 0 Å². The molecular formula is C14H20N2O4S. The van der Waals surface area contributed by atoms with E-state index in [0.29, 0.717) is 22.4 Å². The molecule has 1 saturated heterocycles. The van der Waals surface area contributed by atoms with Crippen molar-refractivity contribution in [2.24, 2.45) is 0 Å². The second kappa shape index (κ2) is 7.40. The fourth-order valence-corrected chi connectivity index (χ4v) is 3.59. The van der Waals surface area contributed by atoms with Gasteiger partial charge in [0.1, 0.15) is 5.69 Å². The van der Waals surface area contributed by atoms with Crippen LogP contribution in [0.5, 0.6) is 11.5 Å². The van der Waals surface area contributed by atoms with Crippen molar-refractivity contribution in [3.8, 4) is 11.5 Å². The van der Waals surface area contributed by atoms with Crippen LogP contribution in [0.3, 0.4) is 0 Å². The summed E-state index contributed by atoms with van der Waals surface area (Å²) in [6.07, 6.45) is 3.64. The molecule has 7 heteroatoms. The Kier molecular flexibility index (Phi) is 5.55. The molecule has 116 valence electrons. The number of nitro benzene ring substituents is 1. The minimum Gasteiger partial charge on any atom is -0.493 e. The molecule has 1 N–H and O–H groups in total. The van der Waals surface area contributed by atoms with Crippen molar-refractivity contribution in [1.82, 2.24) is 0 Å². The first-order valence-corrected chi connectivity index (χ1v) is 7.96. The molecule has 1 aromatic carbocycles. The fourth-order valence-electron chi connectivity index (χ4n) is 2.35. The monoisotopic (exact) mass is 312 g/mol. The second-order valence-corrected chi connectivity index (χ2v) is 6.26. The number of thioether (sulfide) groups is 1. The number of benzene rings is 1. The SMILES string of the molecule is COc1cc(NCC2CCCCS2)c([N+](=O)[O-])cc1OC. The Balaban J connectivity index is 2.17. The van der Waals surface area contributed by atoms with Gasteiger partial charge in [-0.2, -0.15) is 11.8 Å². The Morgan fingerprint density at radius 2 is 2.05 bits per heavy atom. The summed E-state index contributed by atoms with van der Waals surface area (Å²) < 4.78 is 10.3. The first kappa shape index (κ1) is 15.8. The van der Waals surface area contributed by atoms with Crippen LogP contribution < -0.4 is 14.8 Å². The van der Waals surface area contributed by atoms with Gasteiger partial charge in [-0.1, -0.05) is 6.42 Å². The predicted octanol–water partition coefficient (Wildman–Crippen LogP) is 3.31. The molecule has 1 heterocycles. The van der Waals surface area contributed by atoms with Crippen molar-refractivity contribution in [1.29, 1.82) is 0 Å². The van der Waals surface area contributed by atoms with Crippen LogP contribution in [0.15, 0.2) is 12.1 Å². The van der Waals surface area contributed by atoms with Gasteiger partial charge in [0.05, 0.1) is 25.2 Å². The molecule has 1 aromatic rings. The Labute approximate surface area is 128 Å². The summed E-state index contributed by atoms with van der Waals surface area (Å²) in [5, 5.41) is 14.9. The lowest BCUT2D eigenvalue weighted by Gasteiger charge is -2.22. The average Bonchev–Trinajstić information content (AvgIpc) is 2.52. The quantitative estimate of drug-likeness (QED) is 0.641. The van der Waals surface area contributed by atoms with Crippen LogP contribution in [0.25, 0.3) is 0 Å². The number of ether oxygens (including phenoxy) is 2. The third-order valence-corrected chi connectivity index (χ3v) is 4.89. The van der Waals surface area contributed by atoms with E-state index in [1.165, 1.54) is 38.9 Å². The van der Waals surface area contributed by atoms with Crippen LogP contribution in [0, 0.1) is 10.1 Å². The first-order chi connectivity index (χ1) is 10.2. The molecule has 0 spiro atoms. The lowest BCUT2D eigenvalue weighted by atomic mass is 10.2. The topological polar surface area (TPSA) is 73.6 Å². The van der Waals surface area contributed by atoms with Gasteiger partial charge < -0.3 is 14.8 Å². The lowest BCUT2D eigenvalue weighted by molar-refractivity contribution is -0.384. The van der Waals surface area contributed by atoms with E-state index >= 15 is 0 Å². The lowest BCUT2D eigenvalue weighted by Crippen LogP contribution is -2.20. The van der Waals surface area contributed by atoms with Crippen LogP contribution in [-0.4, -0.2) is 36.7 Å². The minimum absolute atomic E-state index is 0.00783. The van der Waals surface area contributed by atoms with Gasteiger partial charge >= 0.3 is 0 Å². The summed E-state index contributed by atoms with van der Waals surface area (Å²) in [6.45, 7) is 0.723. The molecule has 1 aliphatic heterocycles. The average molecular weight is 312 g/mol. The third-order valence-electron chi connectivity index (χ3n) is 3.49. The normalized spacial score (nSPS) is 18.1. The maximum Gasteiger partial charge on any atom is 0.296 e. The molecule has 0 aliphatic carbocycles. The fraction of sp³-hybridized carbons (Fsp3) is 0.571. The van der Waals surface area contributed by atoms with Gasteiger partial charge in [0.15, 0.2) is 11.5 Å². The summed E-state index contributed by atoms with van der Waals surface area (Å²) in [5.41, 5.74) is 0.484. The molecule has 0 saturated carbocycles. The van der Waals surface area contributed by atoms with Crippen molar-refractivity contribution in [2.75, 3.05) is 31.8 Å². The summed E-state index contributed by atoms with van der Waals surface area (Å²) >= 11 is 1.93. The number of nitrogens with one attached hydrogen (secondary N) is 1. The molecule has 0 amide bonds. The number of hydrogen-bond acceptors (Lipinski definition) is 6. The standard InChI is InChI=1S/C14H20N2O4S/c1-19-13-7-11(12(16(17)18)8-14(13)20-2)15-9-10-5-3-4-6-21-10/h7-8,10,15H,3-6,9H2,1-2H3. The maximum absolute atomic E-state index is 11.2. The molecule has 0 bridgehead atoms. The number of methoxy groups -OCH3 is 2. The highest BCUT2D eigenvalue weighted by atomic mass is 32.2. The van der Waals surface area contributed by atoms with Crippen molar-refractivity contribution < 1.29 is 14.4 Å². The maximum atomic E-state index is 11.2. The molecule has 0 aromatic heterocycles. The Bertz CT molecular complexity index is 504. The third kappa shape index (κ3) is 3.93. The molecule has 2 rings (SSSR count). The number of anilines is 1. The van der Waals surface area contributed by atoms with E-state index in [-0.39, 0.29) is 5.69 Å². The van der Waals surface area contributed by atoms with E-state index in [1.807, 2.05) is 11.8 Å². The van der Waals surface area contributed by atoms with E-state index in [2.05, 4.69) is 5.32 Å². The van der Waals surface area contributed by atoms with Crippen LogP contribution in [-0.2, 0) is 0 Å². The predicted molar refractivity (Wildman–Crippen MR) is 84.8 cm³/mol. The van der Waals surface area contributed by atoms with Gasteiger partial charge in [0, 0.05) is 17.9 Å². The number of hydrogen-bond donors (Lipinski definition) is 1. The summed E-state index contributed by atoms with van der Waals surface area (Å²) in [6, 6.07) is 3.03. The largest absolute Gasteiger partial charge is 0.493 e. The Morgan fingerprint density at radius 1 is 1.33 bits per heavy atom. The van der Waals surface area contributed by atoms with Crippen LogP contribution in [0.2, 0.25) is 0 Å². The van der Waals surface area contributed by atoms with Gasteiger partial charge in [0.25, 0.3) is 5.69 Å². The molecule has 1 atom stereocenters. The molecule has 0 radical (unpaired) electrons. The highest BCUT2D eigenvalue weighted by Crippen LogP contribution is 2.38. The van der Waals surface area contributed by atoms with Gasteiger partial charge in [-0.25, -0.2) is 0 Å². The summed E-state index contributed by atoms with van der Waals surface area (Å²) in [7, 11) is 2.98.